The summed E-state index contributed by atoms with van der Waals surface area (Å²) < 4.78 is 17.2. The highest BCUT2D eigenvalue weighted by molar-refractivity contribution is 5.96. The number of alkyl carbamates (subject to hydrolysis) is 1. The molecular formula is C32H40N2O6. The molecule has 40 heavy (non-hydrogen) atoms. The maximum Gasteiger partial charge on any atom is 0.407 e. The lowest BCUT2D eigenvalue weighted by atomic mass is 9.83. The van der Waals surface area contributed by atoms with E-state index in [0.717, 1.165) is 79.7 Å². The Hall–Kier alpha value is -3.55. The van der Waals surface area contributed by atoms with Crippen molar-refractivity contribution in [2.45, 2.75) is 82.4 Å². The van der Waals surface area contributed by atoms with E-state index in [2.05, 4.69) is 24.0 Å². The molecule has 3 atom stereocenters. The average molecular weight is 549 g/mol. The molecule has 8 heteroatoms. The van der Waals surface area contributed by atoms with Gasteiger partial charge in [0.05, 0.1) is 20.3 Å². The topological polar surface area (TPSA) is 94.2 Å². The van der Waals surface area contributed by atoms with Crippen LogP contribution in [0.5, 0.6) is 5.75 Å². The quantitative estimate of drug-likeness (QED) is 0.490. The van der Waals surface area contributed by atoms with Crippen molar-refractivity contribution in [3.63, 3.8) is 0 Å². The van der Waals surface area contributed by atoms with Gasteiger partial charge in [0.2, 0.25) is 5.91 Å². The molecule has 0 unspecified atom stereocenters. The zero-order valence-electron chi connectivity index (χ0n) is 23.4. The molecule has 2 heterocycles. The van der Waals surface area contributed by atoms with Gasteiger partial charge >= 0.3 is 12.1 Å². The van der Waals surface area contributed by atoms with E-state index in [4.69, 9.17) is 14.2 Å². The van der Waals surface area contributed by atoms with Crippen molar-refractivity contribution in [1.82, 2.24) is 10.2 Å². The Kier molecular flexibility index (Phi) is 8.92. The Morgan fingerprint density at radius 1 is 1.02 bits per heavy atom. The van der Waals surface area contributed by atoms with Gasteiger partial charge in [-0.25, -0.2) is 9.59 Å². The van der Waals surface area contributed by atoms with Gasteiger partial charge in [-0.2, -0.15) is 0 Å². The third-order valence-corrected chi connectivity index (χ3v) is 8.57. The molecule has 1 N–H and O–H groups in total. The number of hydrogen-bond donors (Lipinski definition) is 1. The lowest BCUT2D eigenvalue weighted by molar-refractivity contribution is -0.152. The fourth-order valence-electron chi connectivity index (χ4n) is 6.48. The van der Waals surface area contributed by atoms with Gasteiger partial charge in [0.15, 0.2) is 0 Å². The minimum atomic E-state index is -0.794. The minimum absolute atomic E-state index is 0.00966. The Morgan fingerprint density at radius 3 is 2.60 bits per heavy atom. The van der Waals surface area contributed by atoms with Crippen LogP contribution in [0.25, 0.3) is 16.3 Å². The van der Waals surface area contributed by atoms with Crippen molar-refractivity contribution in [2.24, 2.45) is 5.92 Å². The first kappa shape index (κ1) is 28.0. The molecule has 2 aliphatic heterocycles. The van der Waals surface area contributed by atoms with Crippen LogP contribution in [0.4, 0.5) is 4.79 Å². The SMILES string of the molecule is C=C1CCCCCOC(=O)N[C@@H](C2CCCCC2)C(=O)N2C[C@@H](C[C@H]2C(=O)OC)Oc2ccc3ccccc3c21. The van der Waals surface area contributed by atoms with E-state index < -0.39 is 30.3 Å². The van der Waals surface area contributed by atoms with Crippen LogP contribution in [0.1, 0.15) is 69.8 Å². The van der Waals surface area contributed by atoms with E-state index in [0.29, 0.717) is 12.2 Å². The minimum Gasteiger partial charge on any atom is -0.488 e. The van der Waals surface area contributed by atoms with Crippen LogP contribution in [0.3, 0.4) is 0 Å². The molecule has 1 saturated carbocycles. The second-order valence-electron chi connectivity index (χ2n) is 11.2. The number of allylic oxidation sites excluding steroid dienone is 1. The van der Waals surface area contributed by atoms with Crippen LogP contribution >= 0.6 is 0 Å². The normalized spacial score (nSPS) is 25.4. The first-order valence-corrected chi connectivity index (χ1v) is 14.6. The summed E-state index contributed by atoms with van der Waals surface area (Å²) in [5.41, 5.74) is 1.94. The zero-order chi connectivity index (χ0) is 28.1. The second-order valence-corrected chi connectivity index (χ2v) is 11.2. The van der Waals surface area contributed by atoms with Crippen LogP contribution in [0.15, 0.2) is 43.0 Å². The average Bonchev–Trinajstić information content (AvgIpc) is 3.40. The number of nitrogens with zero attached hydrogens (tertiary/aromatic N) is 1. The smallest absolute Gasteiger partial charge is 0.407 e. The van der Waals surface area contributed by atoms with E-state index >= 15 is 0 Å². The third-order valence-electron chi connectivity index (χ3n) is 8.57. The Bertz CT molecular complexity index is 1250. The third kappa shape index (κ3) is 6.11. The predicted molar refractivity (Wildman–Crippen MR) is 153 cm³/mol. The maximum absolute atomic E-state index is 14.1. The van der Waals surface area contributed by atoms with Gasteiger partial charge in [0.25, 0.3) is 0 Å². The fraction of sp³-hybridized carbons (Fsp3) is 0.531. The van der Waals surface area contributed by atoms with Crippen LogP contribution in [0.2, 0.25) is 0 Å². The monoisotopic (exact) mass is 548 g/mol. The molecule has 0 spiro atoms. The molecule has 5 rings (SSSR count). The summed E-state index contributed by atoms with van der Waals surface area (Å²) >= 11 is 0. The number of nitrogens with one attached hydrogen (secondary N) is 1. The van der Waals surface area contributed by atoms with Crippen molar-refractivity contribution >= 4 is 34.3 Å². The van der Waals surface area contributed by atoms with Crippen molar-refractivity contribution in [3.8, 4) is 5.75 Å². The number of carbonyl (C=O) groups is 3. The molecule has 2 aromatic rings. The molecule has 214 valence electrons. The number of amides is 2. The summed E-state index contributed by atoms with van der Waals surface area (Å²) in [5, 5.41) is 5.04. The largest absolute Gasteiger partial charge is 0.488 e. The zero-order valence-corrected chi connectivity index (χ0v) is 23.4. The standard InChI is InChI=1S/C32H40N2O6/c1-21-11-5-4-10-18-39-32(37)33-29(23-13-6-3-7-14-23)30(35)34-20-24(19-26(34)31(36)38-2)40-27-17-16-22-12-8-9-15-25(22)28(21)27/h8-9,12,15-17,23-24,26,29H,1,3-7,10-11,13-14,18-20H2,2H3,(H,33,37)/t24-,26+,29+/m1/s1. The van der Waals surface area contributed by atoms with Gasteiger partial charge in [-0.3, -0.25) is 4.79 Å². The Labute approximate surface area is 236 Å². The Balaban J connectivity index is 1.50. The Morgan fingerprint density at radius 2 is 1.80 bits per heavy atom. The van der Waals surface area contributed by atoms with Crippen molar-refractivity contribution < 1.29 is 28.6 Å². The highest BCUT2D eigenvalue weighted by Gasteiger charge is 2.45. The van der Waals surface area contributed by atoms with Crippen LogP contribution in [-0.4, -0.2) is 61.3 Å². The summed E-state index contributed by atoms with van der Waals surface area (Å²) in [5.74, 6) is -0.0688. The van der Waals surface area contributed by atoms with E-state index in [1.165, 1.54) is 7.11 Å². The maximum atomic E-state index is 14.1. The number of carbonyl (C=O) groups excluding carboxylic acids is 3. The van der Waals surface area contributed by atoms with Gasteiger partial charge in [0.1, 0.15) is 23.9 Å². The summed E-state index contributed by atoms with van der Waals surface area (Å²) in [6, 6.07) is 10.6. The number of hydrogen-bond acceptors (Lipinski definition) is 6. The lowest BCUT2D eigenvalue weighted by Gasteiger charge is -2.34. The lowest BCUT2D eigenvalue weighted by Crippen LogP contribution is -2.55. The molecule has 2 aromatic carbocycles. The molecule has 3 aliphatic rings. The van der Waals surface area contributed by atoms with Crippen LogP contribution < -0.4 is 10.1 Å². The molecule has 2 amide bonds. The predicted octanol–water partition coefficient (Wildman–Crippen LogP) is 5.62. The second kappa shape index (κ2) is 12.7. The summed E-state index contributed by atoms with van der Waals surface area (Å²) in [4.78, 5) is 41.3. The number of rotatable bonds is 2. The van der Waals surface area contributed by atoms with Gasteiger partial charge in [0, 0.05) is 12.0 Å². The molecule has 2 fully saturated rings. The molecule has 1 saturated heterocycles. The molecule has 1 aliphatic carbocycles. The van der Waals surface area contributed by atoms with Gasteiger partial charge in [-0.1, -0.05) is 56.2 Å². The summed E-state index contributed by atoms with van der Waals surface area (Å²) in [7, 11) is 1.33. The number of benzene rings is 2. The first-order valence-electron chi connectivity index (χ1n) is 14.6. The summed E-state index contributed by atoms with van der Waals surface area (Å²) in [6.07, 6.45) is 7.40. The molecule has 0 radical (unpaired) electrons. The van der Waals surface area contributed by atoms with E-state index in [-0.39, 0.29) is 25.0 Å². The molecule has 2 bridgehead atoms. The highest BCUT2D eigenvalue weighted by atomic mass is 16.5. The van der Waals surface area contributed by atoms with Crippen LogP contribution in [-0.2, 0) is 19.1 Å². The fourth-order valence-corrected chi connectivity index (χ4v) is 6.48. The van der Waals surface area contributed by atoms with E-state index in [1.54, 1.807) is 4.90 Å². The highest BCUT2D eigenvalue weighted by Crippen LogP contribution is 2.38. The van der Waals surface area contributed by atoms with E-state index in [1.807, 2.05) is 24.3 Å². The number of ether oxygens (including phenoxy) is 3. The molecule has 8 nitrogen and oxygen atoms in total. The molecule has 0 aromatic heterocycles. The first-order chi connectivity index (χ1) is 19.5. The van der Waals surface area contributed by atoms with Crippen molar-refractivity contribution in [2.75, 3.05) is 20.3 Å². The number of esters is 1. The number of methoxy groups -OCH3 is 1. The number of fused-ring (bicyclic) bond motifs is 5. The van der Waals surface area contributed by atoms with Crippen molar-refractivity contribution in [1.29, 1.82) is 0 Å². The summed E-state index contributed by atoms with van der Waals surface area (Å²) in [6.45, 7) is 4.91. The molecular weight excluding hydrogens is 508 g/mol. The number of cyclic esters (lactones) is 1. The van der Waals surface area contributed by atoms with Gasteiger partial charge < -0.3 is 24.4 Å². The van der Waals surface area contributed by atoms with E-state index in [9.17, 15) is 14.4 Å². The van der Waals surface area contributed by atoms with Crippen molar-refractivity contribution in [3.05, 3.63) is 48.5 Å². The van der Waals surface area contributed by atoms with Crippen LogP contribution in [0, 0.1) is 5.92 Å². The van der Waals surface area contributed by atoms with Gasteiger partial charge in [-0.15, -0.1) is 0 Å². The van der Waals surface area contributed by atoms with Gasteiger partial charge in [-0.05, 0) is 66.9 Å².